The third-order valence-electron chi connectivity index (χ3n) is 4.41. The number of nitrogens with one attached hydrogen (secondary N) is 1. The van der Waals surface area contributed by atoms with Crippen molar-refractivity contribution in [1.29, 1.82) is 0 Å². The summed E-state index contributed by atoms with van der Waals surface area (Å²) >= 11 is 0. The molecule has 25 heavy (non-hydrogen) atoms. The van der Waals surface area contributed by atoms with E-state index in [-0.39, 0.29) is 25.2 Å². The van der Waals surface area contributed by atoms with Gasteiger partial charge in [0.15, 0.2) is 0 Å². The molecule has 9 heteroatoms. The predicted octanol–water partition coefficient (Wildman–Crippen LogP) is 3.03. The van der Waals surface area contributed by atoms with E-state index in [2.05, 4.69) is 10.3 Å². The lowest BCUT2D eigenvalue weighted by Crippen LogP contribution is -2.32. The van der Waals surface area contributed by atoms with Gasteiger partial charge >= 0.3 is 12.3 Å². The first-order chi connectivity index (χ1) is 11.8. The topological polar surface area (TPSA) is 63.7 Å². The lowest BCUT2D eigenvalue weighted by molar-refractivity contribution is -0.137. The van der Waals surface area contributed by atoms with Crippen molar-refractivity contribution in [3.63, 3.8) is 0 Å². The van der Waals surface area contributed by atoms with Gasteiger partial charge in [-0.3, -0.25) is 4.90 Å². The molecule has 3 rings (SSSR count). The molecular formula is C16H20F3N3O3. The summed E-state index contributed by atoms with van der Waals surface area (Å²) in [5, 5.41) is 3.19. The van der Waals surface area contributed by atoms with Crippen molar-refractivity contribution in [1.82, 2.24) is 9.88 Å². The lowest BCUT2D eigenvalue weighted by atomic mass is 10.1. The summed E-state index contributed by atoms with van der Waals surface area (Å²) in [5.74, 6) is 0.367. The number of carbonyl (C=O) groups is 1. The quantitative estimate of drug-likeness (QED) is 0.895. The molecule has 0 aromatic carbocycles. The maximum Gasteiger partial charge on any atom is 0.417 e. The highest BCUT2D eigenvalue weighted by Gasteiger charge is 2.34. The Morgan fingerprint density at radius 3 is 2.68 bits per heavy atom. The second kappa shape index (κ2) is 7.07. The molecule has 0 saturated carbocycles. The van der Waals surface area contributed by atoms with Crippen LogP contribution in [0.2, 0.25) is 0 Å². The van der Waals surface area contributed by atoms with Gasteiger partial charge in [-0.15, -0.1) is 0 Å². The van der Waals surface area contributed by atoms with Crippen LogP contribution in [-0.4, -0.2) is 47.9 Å². The Hall–Kier alpha value is -2.03. The fraction of sp³-hybridized carbons (Fsp3) is 0.625. The summed E-state index contributed by atoms with van der Waals surface area (Å²) in [5.41, 5.74) is -0.507. The van der Waals surface area contributed by atoms with Crippen LogP contribution in [0.5, 0.6) is 0 Å². The fourth-order valence-electron chi connectivity index (χ4n) is 2.90. The average molecular weight is 359 g/mol. The van der Waals surface area contributed by atoms with E-state index in [0.717, 1.165) is 25.1 Å². The molecule has 1 unspecified atom stereocenters. The third-order valence-corrected chi connectivity index (χ3v) is 4.41. The number of cyclic esters (lactones) is 1. The third kappa shape index (κ3) is 4.15. The first-order valence-corrected chi connectivity index (χ1v) is 8.18. The Morgan fingerprint density at radius 2 is 2.08 bits per heavy atom. The summed E-state index contributed by atoms with van der Waals surface area (Å²) in [6.45, 7) is 3.24. The van der Waals surface area contributed by atoms with Gasteiger partial charge in [-0.1, -0.05) is 0 Å². The van der Waals surface area contributed by atoms with Crippen LogP contribution in [0.1, 0.15) is 30.9 Å². The van der Waals surface area contributed by atoms with E-state index in [9.17, 15) is 18.0 Å². The summed E-state index contributed by atoms with van der Waals surface area (Å²) in [4.78, 5) is 17.2. The number of carbonyl (C=O) groups excluding carboxylic acids is 1. The van der Waals surface area contributed by atoms with Crippen molar-refractivity contribution >= 4 is 11.9 Å². The van der Waals surface area contributed by atoms with E-state index in [4.69, 9.17) is 9.47 Å². The van der Waals surface area contributed by atoms with Crippen LogP contribution in [0.3, 0.4) is 0 Å². The molecular weight excluding hydrogens is 339 g/mol. The average Bonchev–Trinajstić information content (AvgIpc) is 2.88. The van der Waals surface area contributed by atoms with Crippen molar-refractivity contribution in [2.75, 3.05) is 25.1 Å². The first-order valence-electron chi connectivity index (χ1n) is 8.18. The molecule has 0 bridgehead atoms. The van der Waals surface area contributed by atoms with Crippen LogP contribution in [0.4, 0.5) is 23.8 Å². The molecule has 6 nitrogen and oxygen atoms in total. The second-order valence-electron chi connectivity index (χ2n) is 6.31. The minimum atomic E-state index is -4.49. The van der Waals surface area contributed by atoms with Gasteiger partial charge in [0.25, 0.3) is 0 Å². The minimum Gasteiger partial charge on any atom is -0.447 e. The number of pyridine rings is 1. The van der Waals surface area contributed by atoms with E-state index in [0.29, 0.717) is 24.6 Å². The van der Waals surface area contributed by atoms with Gasteiger partial charge in [-0.2, -0.15) is 13.2 Å². The Morgan fingerprint density at radius 1 is 1.36 bits per heavy atom. The molecule has 2 saturated heterocycles. The van der Waals surface area contributed by atoms with Crippen LogP contribution >= 0.6 is 0 Å². The number of rotatable bonds is 4. The normalized spacial score (nSPS) is 22.2. The number of anilines is 1. The zero-order valence-corrected chi connectivity index (χ0v) is 13.8. The molecule has 2 aliphatic rings. The van der Waals surface area contributed by atoms with Crippen LogP contribution < -0.4 is 5.32 Å². The summed E-state index contributed by atoms with van der Waals surface area (Å²) in [6.07, 6.45) is -2.69. The zero-order chi connectivity index (χ0) is 18.0. The van der Waals surface area contributed by atoms with E-state index in [1.807, 2.05) is 0 Å². The number of amides is 1. The lowest BCUT2D eigenvalue weighted by Gasteiger charge is -2.26. The van der Waals surface area contributed by atoms with Crippen molar-refractivity contribution < 1.29 is 27.4 Å². The highest BCUT2D eigenvalue weighted by atomic mass is 19.4. The van der Waals surface area contributed by atoms with Gasteiger partial charge < -0.3 is 14.8 Å². The van der Waals surface area contributed by atoms with Crippen molar-refractivity contribution in [2.24, 2.45) is 0 Å². The summed E-state index contributed by atoms with van der Waals surface area (Å²) < 4.78 is 49.4. The molecule has 0 aliphatic carbocycles. The molecule has 3 heterocycles. The van der Waals surface area contributed by atoms with Crippen molar-refractivity contribution in [3.8, 4) is 0 Å². The number of halogens is 3. The van der Waals surface area contributed by atoms with Crippen molar-refractivity contribution in [2.45, 2.75) is 44.6 Å². The molecule has 0 radical (unpaired) electrons. The molecule has 1 aromatic rings. The number of hydrogen-bond acceptors (Lipinski definition) is 5. The molecule has 2 fully saturated rings. The monoisotopic (exact) mass is 359 g/mol. The molecule has 2 aliphatic heterocycles. The maximum absolute atomic E-state index is 13.0. The van der Waals surface area contributed by atoms with Gasteiger partial charge in [-0.05, 0) is 25.8 Å². The number of nitrogens with zero attached hydrogens (tertiary/aromatic N) is 2. The molecule has 1 N–H and O–H groups in total. The number of aromatic nitrogens is 1. The van der Waals surface area contributed by atoms with Crippen LogP contribution in [0, 0.1) is 0 Å². The Balaban J connectivity index is 1.86. The van der Waals surface area contributed by atoms with Gasteiger partial charge in [0, 0.05) is 31.0 Å². The number of alkyl halides is 3. The number of hydrogen-bond donors (Lipinski definition) is 1. The number of ether oxygens (including phenoxy) is 2. The smallest absolute Gasteiger partial charge is 0.417 e. The molecule has 1 atom stereocenters. The van der Waals surface area contributed by atoms with E-state index in [1.54, 1.807) is 6.92 Å². The Bertz CT molecular complexity index is 633. The highest BCUT2D eigenvalue weighted by Crippen LogP contribution is 2.32. The molecule has 1 aromatic heterocycles. The molecule has 138 valence electrons. The van der Waals surface area contributed by atoms with Gasteiger partial charge in [0.1, 0.15) is 12.4 Å². The minimum absolute atomic E-state index is 0.0163. The SMILES string of the molecule is CC1COC(=O)N1Cc1cc(C(F)(F)F)cnc1NC1CCOCC1. The zero-order valence-electron chi connectivity index (χ0n) is 13.8. The first kappa shape index (κ1) is 17.8. The van der Waals surface area contributed by atoms with Crippen LogP contribution in [0.25, 0.3) is 0 Å². The van der Waals surface area contributed by atoms with E-state index in [1.165, 1.54) is 4.90 Å². The molecule has 0 spiro atoms. The van der Waals surface area contributed by atoms with Gasteiger partial charge in [-0.25, -0.2) is 9.78 Å². The maximum atomic E-state index is 13.0. The van der Waals surface area contributed by atoms with E-state index < -0.39 is 17.8 Å². The van der Waals surface area contributed by atoms with Crippen LogP contribution in [-0.2, 0) is 22.2 Å². The second-order valence-corrected chi connectivity index (χ2v) is 6.31. The summed E-state index contributed by atoms with van der Waals surface area (Å²) in [7, 11) is 0. The standard InChI is InChI=1S/C16H20F3N3O3/c1-10-9-25-15(23)22(10)8-11-6-12(16(17,18)19)7-20-14(11)21-13-2-4-24-5-3-13/h6-7,10,13H,2-5,8-9H2,1H3,(H,20,21). The highest BCUT2D eigenvalue weighted by molar-refractivity contribution is 5.70. The van der Waals surface area contributed by atoms with Gasteiger partial charge in [0.2, 0.25) is 0 Å². The Kier molecular flexibility index (Phi) is 5.03. The summed E-state index contributed by atoms with van der Waals surface area (Å²) in [6, 6.07) is 0.935. The fourth-order valence-corrected chi connectivity index (χ4v) is 2.90. The van der Waals surface area contributed by atoms with Gasteiger partial charge in [0.05, 0.1) is 18.2 Å². The van der Waals surface area contributed by atoms with E-state index >= 15 is 0 Å². The van der Waals surface area contributed by atoms with Crippen molar-refractivity contribution in [3.05, 3.63) is 23.4 Å². The predicted molar refractivity (Wildman–Crippen MR) is 83.1 cm³/mol. The van der Waals surface area contributed by atoms with Crippen LogP contribution in [0.15, 0.2) is 12.3 Å². The molecule has 1 amide bonds. The Labute approximate surface area is 143 Å². The largest absolute Gasteiger partial charge is 0.447 e.